The molecular weight excluding hydrogens is 366 g/mol. The first-order valence-electron chi connectivity index (χ1n) is 10.00. The van der Waals surface area contributed by atoms with Gasteiger partial charge in [0, 0.05) is 37.8 Å². The number of nitrogens with zero attached hydrogens (tertiary/aromatic N) is 2. The SMILES string of the molecule is CC1CCCN(Cc2ccc(CNC(=O)/C=C/c3ccc([N+](=O)[O-])cc3)cc2)C1. The van der Waals surface area contributed by atoms with Crippen molar-refractivity contribution in [3.63, 3.8) is 0 Å². The fraction of sp³-hybridized carbons (Fsp3) is 0.348. The number of non-ortho nitro benzene ring substituents is 1. The van der Waals surface area contributed by atoms with Crippen molar-refractivity contribution in [2.45, 2.75) is 32.9 Å². The zero-order valence-electron chi connectivity index (χ0n) is 16.7. The van der Waals surface area contributed by atoms with Crippen LogP contribution in [0.2, 0.25) is 0 Å². The molecule has 1 atom stereocenters. The van der Waals surface area contributed by atoms with Crippen molar-refractivity contribution in [2.24, 2.45) is 5.92 Å². The Morgan fingerprint density at radius 1 is 1.17 bits per heavy atom. The van der Waals surface area contributed by atoms with E-state index < -0.39 is 4.92 Å². The Hall–Kier alpha value is -2.99. The van der Waals surface area contributed by atoms with Gasteiger partial charge < -0.3 is 5.32 Å². The lowest BCUT2D eigenvalue weighted by Crippen LogP contribution is -2.33. The minimum Gasteiger partial charge on any atom is -0.348 e. The lowest BCUT2D eigenvalue weighted by atomic mass is 9.99. The Labute approximate surface area is 171 Å². The number of amides is 1. The van der Waals surface area contributed by atoms with E-state index in [2.05, 4.69) is 41.4 Å². The quantitative estimate of drug-likeness (QED) is 0.435. The molecule has 1 unspecified atom stereocenters. The number of rotatable bonds is 7. The molecule has 0 saturated carbocycles. The Morgan fingerprint density at radius 3 is 2.52 bits per heavy atom. The van der Waals surface area contributed by atoms with Crippen LogP contribution < -0.4 is 5.32 Å². The van der Waals surface area contributed by atoms with Gasteiger partial charge in [0.25, 0.3) is 5.69 Å². The molecule has 1 aliphatic heterocycles. The maximum absolute atomic E-state index is 12.0. The van der Waals surface area contributed by atoms with Gasteiger partial charge in [0.1, 0.15) is 0 Å². The van der Waals surface area contributed by atoms with E-state index >= 15 is 0 Å². The molecular formula is C23H27N3O3. The Bertz CT molecular complexity index is 860. The van der Waals surface area contributed by atoms with E-state index in [0.29, 0.717) is 6.54 Å². The number of benzene rings is 2. The minimum absolute atomic E-state index is 0.0323. The third-order valence-corrected chi connectivity index (χ3v) is 5.17. The van der Waals surface area contributed by atoms with Crippen LogP contribution in [0.25, 0.3) is 6.08 Å². The Morgan fingerprint density at radius 2 is 1.86 bits per heavy atom. The predicted molar refractivity (Wildman–Crippen MR) is 114 cm³/mol. The van der Waals surface area contributed by atoms with Crippen molar-refractivity contribution >= 4 is 17.7 Å². The van der Waals surface area contributed by atoms with Crippen LogP contribution in [0, 0.1) is 16.0 Å². The van der Waals surface area contributed by atoms with Gasteiger partial charge in [-0.3, -0.25) is 19.8 Å². The molecule has 6 heteroatoms. The smallest absolute Gasteiger partial charge is 0.269 e. The van der Waals surface area contributed by atoms with Gasteiger partial charge in [-0.05, 0) is 60.2 Å². The third-order valence-electron chi connectivity index (χ3n) is 5.17. The summed E-state index contributed by atoms with van der Waals surface area (Å²) in [4.78, 5) is 24.7. The number of nitro groups is 1. The molecule has 1 N–H and O–H groups in total. The fourth-order valence-electron chi connectivity index (χ4n) is 3.58. The van der Waals surface area contributed by atoms with Crippen LogP contribution in [-0.2, 0) is 17.9 Å². The van der Waals surface area contributed by atoms with Crippen LogP contribution in [0.1, 0.15) is 36.5 Å². The Balaban J connectivity index is 1.45. The van der Waals surface area contributed by atoms with E-state index in [1.807, 2.05) is 0 Å². The molecule has 1 heterocycles. The summed E-state index contributed by atoms with van der Waals surface area (Å²) in [6.45, 7) is 6.09. The van der Waals surface area contributed by atoms with Crippen LogP contribution in [-0.4, -0.2) is 28.8 Å². The normalized spacial score (nSPS) is 17.3. The molecule has 1 aliphatic rings. The van der Waals surface area contributed by atoms with E-state index in [0.717, 1.165) is 23.6 Å². The van der Waals surface area contributed by atoms with E-state index in [1.165, 1.54) is 49.7 Å². The largest absolute Gasteiger partial charge is 0.348 e. The summed E-state index contributed by atoms with van der Waals surface area (Å²) in [6, 6.07) is 14.5. The van der Waals surface area contributed by atoms with E-state index in [4.69, 9.17) is 0 Å². The molecule has 29 heavy (non-hydrogen) atoms. The summed E-state index contributed by atoms with van der Waals surface area (Å²) in [6.07, 6.45) is 5.68. The number of hydrogen-bond acceptors (Lipinski definition) is 4. The average Bonchev–Trinajstić information content (AvgIpc) is 2.72. The third kappa shape index (κ3) is 6.54. The zero-order valence-corrected chi connectivity index (χ0v) is 16.7. The van der Waals surface area contributed by atoms with Gasteiger partial charge in [0.05, 0.1) is 4.92 Å². The molecule has 2 aromatic carbocycles. The predicted octanol–water partition coefficient (Wildman–Crippen LogP) is 4.16. The number of likely N-dealkylation sites (tertiary alicyclic amines) is 1. The van der Waals surface area contributed by atoms with Crippen LogP contribution >= 0.6 is 0 Å². The van der Waals surface area contributed by atoms with E-state index in [1.54, 1.807) is 18.2 Å². The second kappa shape index (κ2) is 9.98. The van der Waals surface area contributed by atoms with Crippen molar-refractivity contribution in [1.29, 1.82) is 0 Å². The Kier molecular flexibility index (Phi) is 7.14. The fourth-order valence-corrected chi connectivity index (χ4v) is 3.58. The molecule has 152 valence electrons. The standard InChI is InChI=1S/C23H27N3O3/c1-18-3-2-14-25(16-18)17-21-6-4-20(5-7-21)15-24-23(27)13-10-19-8-11-22(12-9-19)26(28)29/h4-13,18H,2-3,14-17H2,1H3,(H,24,27)/b13-10+. The van der Waals surface area contributed by atoms with Gasteiger partial charge >= 0.3 is 0 Å². The minimum atomic E-state index is -0.446. The van der Waals surface area contributed by atoms with Crippen LogP contribution in [0.3, 0.4) is 0 Å². The molecule has 6 nitrogen and oxygen atoms in total. The van der Waals surface area contributed by atoms with E-state index in [-0.39, 0.29) is 11.6 Å². The molecule has 0 aromatic heterocycles. The monoisotopic (exact) mass is 393 g/mol. The van der Waals surface area contributed by atoms with Gasteiger partial charge in [-0.1, -0.05) is 31.2 Å². The zero-order chi connectivity index (χ0) is 20.6. The first-order chi connectivity index (χ1) is 14.0. The highest BCUT2D eigenvalue weighted by atomic mass is 16.6. The number of nitrogens with one attached hydrogen (secondary N) is 1. The molecule has 0 bridgehead atoms. The van der Waals surface area contributed by atoms with Crippen molar-refractivity contribution in [2.75, 3.05) is 13.1 Å². The first-order valence-corrected chi connectivity index (χ1v) is 10.00. The average molecular weight is 393 g/mol. The number of hydrogen-bond donors (Lipinski definition) is 1. The number of carbonyl (C=O) groups excluding carboxylic acids is 1. The van der Waals surface area contributed by atoms with Gasteiger partial charge in [-0.15, -0.1) is 0 Å². The highest BCUT2D eigenvalue weighted by Crippen LogP contribution is 2.18. The van der Waals surface area contributed by atoms with Gasteiger partial charge in [0.2, 0.25) is 5.91 Å². The maximum atomic E-state index is 12.0. The van der Waals surface area contributed by atoms with Crippen molar-refractivity contribution in [3.05, 3.63) is 81.4 Å². The second-order valence-corrected chi connectivity index (χ2v) is 7.70. The molecule has 3 rings (SSSR count). The molecule has 0 spiro atoms. The summed E-state index contributed by atoms with van der Waals surface area (Å²) in [5.41, 5.74) is 3.12. The van der Waals surface area contributed by atoms with Crippen molar-refractivity contribution in [3.8, 4) is 0 Å². The molecule has 1 saturated heterocycles. The summed E-state index contributed by atoms with van der Waals surface area (Å²) in [7, 11) is 0. The van der Waals surface area contributed by atoms with E-state index in [9.17, 15) is 14.9 Å². The van der Waals surface area contributed by atoms with Crippen LogP contribution in [0.5, 0.6) is 0 Å². The second-order valence-electron chi connectivity index (χ2n) is 7.70. The number of nitro benzene ring substituents is 1. The highest BCUT2D eigenvalue weighted by molar-refractivity contribution is 5.91. The summed E-state index contributed by atoms with van der Waals surface area (Å²) in [5, 5.41) is 13.5. The first kappa shape index (κ1) is 20.7. The summed E-state index contributed by atoms with van der Waals surface area (Å²) < 4.78 is 0. The van der Waals surface area contributed by atoms with Crippen LogP contribution in [0.4, 0.5) is 5.69 Å². The van der Waals surface area contributed by atoms with Gasteiger partial charge in [-0.25, -0.2) is 0 Å². The lowest BCUT2D eigenvalue weighted by molar-refractivity contribution is -0.384. The highest BCUT2D eigenvalue weighted by Gasteiger charge is 2.16. The summed E-state index contributed by atoms with van der Waals surface area (Å²) in [5.74, 6) is 0.576. The molecule has 1 fully saturated rings. The van der Waals surface area contributed by atoms with Crippen molar-refractivity contribution in [1.82, 2.24) is 10.2 Å². The number of piperidine rings is 1. The topological polar surface area (TPSA) is 75.5 Å². The molecule has 0 radical (unpaired) electrons. The lowest BCUT2D eigenvalue weighted by Gasteiger charge is -2.30. The summed E-state index contributed by atoms with van der Waals surface area (Å²) >= 11 is 0. The molecule has 1 amide bonds. The van der Waals surface area contributed by atoms with Gasteiger partial charge in [0.15, 0.2) is 0 Å². The van der Waals surface area contributed by atoms with Gasteiger partial charge in [-0.2, -0.15) is 0 Å². The maximum Gasteiger partial charge on any atom is 0.269 e. The number of carbonyl (C=O) groups is 1. The molecule has 2 aromatic rings. The molecule has 0 aliphatic carbocycles. The van der Waals surface area contributed by atoms with Crippen LogP contribution in [0.15, 0.2) is 54.6 Å². The van der Waals surface area contributed by atoms with Crippen molar-refractivity contribution < 1.29 is 9.72 Å².